The third kappa shape index (κ3) is 1.86. The maximum atomic E-state index is 5.69. The van der Waals surface area contributed by atoms with E-state index in [1.165, 1.54) is 16.7 Å². The molecule has 2 aliphatic rings. The van der Waals surface area contributed by atoms with Gasteiger partial charge in [0, 0.05) is 42.4 Å². The topological polar surface area (TPSA) is 31.4 Å². The summed E-state index contributed by atoms with van der Waals surface area (Å²) in [7, 11) is 0. The number of nitrogens with zero attached hydrogens (tertiary/aromatic N) is 1. The van der Waals surface area contributed by atoms with Crippen LogP contribution in [-0.2, 0) is 12.8 Å². The van der Waals surface area contributed by atoms with Gasteiger partial charge in [-0.3, -0.25) is 4.98 Å². The second-order valence-corrected chi connectivity index (χ2v) is 5.05. The number of benzene rings is 1. The van der Waals surface area contributed by atoms with Crippen molar-refractivity contribution in [3.8, 4) is 11.5 Å². The summed E-state index contributed by atoms with van der Waals surface area (Å²) in [5, 5.41) is 0. The molecule has 0 amide bonds. The van der Waals surface area contributed by atoms with Gasteiger partial charge in [0.15, 0.2) is 0 Å². The molecule has 2 aromatic rings. The molecule has 0 aliphatic carbocycles. The minimum absolute atomic E-state index is 0.772. The van der Waals surface area contributed by atoms with Crippen molar-refractivity contribution in [3.05, 3.63) is 52.8 Å². The fourth-order valence-corrected chi connectivity index (χ4v) is 2.90. The Bertz CT molecular complexity index is 645. The van der Waals surface area contributed by atoms with Crippen molar-refractivity contribution < 1.29 is 9.47 Å². The highest BCUT2D eigenvalue weighted by atomic mass is 16.5. The molecule has 0 spiro atoms. The Hall–Kier alpha value is -2.29. The third-order valence-electron chi connectivity index (χ3n) is 3.88. The Morgan fingerprint density at radius 2 is 1.55 bits per heavy atom. The molecule has 0 unspecified atom stereocenters. The summed E-state index contributed by atoms with van der Waals surface area (Å²) in [6.45, 7) is 1.54. The van der Waals surface area contributed by atoms with Crippen LogP contribution in [0.5, 0.6) is 11.5 Å². The van der Waals surface area contributed by atoms with Crippen LogP contribution in [0.2, 0.25) is 0 Å². The second kappa shape index (κ2) is 4.67. The van der Waals surface area contributed by atoms with E-state index in [0.717, 1.165) is 43.1 Å². The Labute approximate surface area is 117 Å². The largest absolute Gasteiger partial charge is 0.493 e. The normalized spacial score (nSPS) is 15.8. The number of pyridine rings is 1. The molecule has 0 fully saturated rings. The fraction of sp³-hybridized carbons (Fsp3) is 0.235. The lowest BCUT2D eigenvalue weighted by Gasteiger charge is -2.09. The molecule has 3 heteroatoms. The zero-order valence-corrected chi connectivity index (χ0v) is 11.1. The summed E-state index contributed by atoms with van der Waals surface area (Å²) < 4.78 is 11.4. The van der Waals surface area contributed by atoms with Crippen molar-refractivity contribution in [2.75, 3.05) is 13.2 Å². The smallest absolute Gasteiger partial charge is 0.126 e. The van der Waals surface area contributed by atoms with Gasteiger partial charge in [0.2, 0.25) is 0 Å². The molecule has 0 N–H and O–H groups in total. The van der Waals surface area contributed by atoms with Crippen molar-refractivity contribution in [1.29, 1.82) is 0 Å². The molecule has 4 rings (SSSR count). The van der Waals surface area contributed by atoms with Crippen LogP contribution in [0.3, 0.4) is 0 Å². The molecule has 0 bridgehead atoms. The van der Waals surface area contributed by atoms with E-state index in [1.807, 2.05) is 24.5 Å². The molecular weight excluding hydrogens is 250 g/mol. The number of ether oxygens (including phenoxy) is 2. The van der Waals surface area contributed by atoms with Gasteiger partial charge in [0.1, 0.15) is 11.5 Å². The van der Waals surface area contributed by atoms with Crippen molar-refractivity contribution in [2.45, 2.75) is 12.8 Å². The SMILES string of the molecule is C(=C\c1c2c(cc3c1CCO3)OCC2)/c1ccncc1. The second-order valence-electron chi connectivity index (χ2n) is 5.05. The predicted molar refractivity (Wildman–Crippen MR) is 78.0 cm³/mol. The lowest BCUT2D eigenvalue weighted by molar-refractivity contribution is 0.342. The zero-order valence-electron chi connectivity index (χ0n) is 11.1. The van der Waals surface area contributed by atoms with E-state index >= 15 is 0 Å². The van der Waals surface area contributed by atoms with Gasteiger partial charge in [-0.1, -0.05) is 12.2 Å². The van der Waals surface area contributed by atoms with E-state index in [9.17, 15) is 0 Å². The van der Waals surface area contributed by atoms with E-state index in [0.29, 0.717) is 0 Å². The minimum Gasteiger partial charge on any atom is -0.493 e. The highest BCUT2D eigenvalue weighted by molar-refractivity contribution is 5.76. The Balaban J connectivity index is 1.80. The molecule has 3 nitrogen and oxygen atoms in total. The Morgan fingerprint density at radius 1 is 0.900 bits per heavy atom. The molecule has 3 heterocycles. The van der Waals surface area contributed by atoms with Gasteiger partial charge in [-0.15, -0.1) is 0 Å². The predicted octanol–water partition coefficient (Wildman–Crippen LogP) is 3.12. The number of hydrogen-bond donors (Lipinski definition) is 0. The van der Waals surface area contributed by atoms with Crippen LogP contribution >= 0.6 is 0 Å². The lowest BCUT2D eigenvalue weighted by atomic mass is 9.96. The van der Waals surface area contributed by atoms with Crippen LogP contribution in [0, 0.1) is 0 Å². The maximum absolute atomic E-state index is 5.69. The molecule has 1 aromatic heterocycles. The zero-order chi connectivity index (χ0) is 13.4. The van der Waals surface area contributed by atoms with Gasteiger partial charge >= 0.3 is 0 Å². The van der Waals surface area contributed by atoms with Gasteiger partial charge < -0.3 is 9.47 Å². The first-order valence-electron chi connectivity index (χ1n) is 6.94. The van der Waals surface area contributed by atoms with Crippen LogP contribution in [0.4, 0.5) is 0 Å². The molecular formula is C17H15NO2. The standard InChI is InChI=1S/C17H15NO2/c1(12-3-7-18-8-4-12)2-13-14-5-9-19-16(14)11-17-15(13)6-10-20-17/h1-4,7-8,11H,5-6,9-10H2/b2-1+. The summed E-state index contributed by atoms with van der Waals surface area (Å²) >= 11 is 0. The van der Waals surface area contributed by atoms with E-state index < -0.39 is 0 Å². The fourth-order valence-electron chi connectivity index (χ4n) is 2.90. The molecule has 0 radical (unpaired) electrons. The van der Waals surface area contributed by atoms with Crippen LogP contribution < -0.4 is 9.47 Å². The van der Waals surface area contributed by atoms with E-state index in [-0.39, 0.29) is 0 Å². The number of fused-ring (bicyclic) bond motifs is 2. The van der Waals surface area contributed by atoms with Gasteiger partial charge in [-0.05, 0) is 23.3 Å². The van der Waals surface area contributed by atoms with Crippen molar-refractivity contribution in [1.82, 2.24) is 4.98 Å². The summed E-state index contributed by atoms with van der Waals surface area (Å²) in [6.07, 6.45) is 9.92. The van der Waals surface area contributed by atoms with E-state index in [1.54, 1.807) is 0 Å². The summed E-state index contributed by atoms with van der Waals surface area (Å²) in [5.41, 5.74) is 5.08. The first-order valence-corrected chi connectivity index (χ1v) is 6.94. The number of rotatable bonds is 2. The van der Waals surface area contributed by atoms with E-state index in [2.05, 4.69) is 23.2 Å². The molecule has 0 saturated carbocycles. The average molecular weight is 265 g/mol. The molecule has 100 valence electrons. The van der Waals surface area contributed by atoms with E-state index in [4.69, 9.17) is 9.47 Å². The van der Waals surface area contributed by atoms with Gasteiger partial charge in [-0.2, -0.15) is 0 Å². The quantitative estimate of drug-likeness (QED) is 0.836. The molecule has 20 heavy (non-hydrogen) atoms. The van der Waals surface area contributed by atoms with Crippen molar-refractivity contribution >= 4 is 12.2 Å². The van der Waals surface area contributed by atoms with Crippen LogP contribution in [-0.4, -0.2) is 18.2 Å². The average Bonchev–Trinajstić information content (AvgIpc) is 3.12. The van der Waals surface area contributed by atoms with Gasteiger partial charge in [0.25, 0.3) is 0 Å². The number of aromatic nitrogens is 1. The lowest BCUT2D eigenvalue weighted by Crippen LogP contribution is -1.91. The van der Waals surface area contributed by atoms with Crippen LogP contribution in [0.25, 0.3) is 12.2 Å². The van der Waals surface area contributed by atoms with Crippen LogP contribution in [0.15, 0.2) is 30.6 Å². The monoisotopic (exact) mass is 265 g/mol. The highest BCUT2D eigenvalue weighted by Crippen LogP contribution is 2.40. The number of hydrogen-bond acceptors (Lipinski definition) is 3. The van der Waals surface area contributed by atoms with Crippen molar-refractivity contribution in [2.24, 2.45) is 0 Å². The molecule has 0 saturated heterocycles. The van der Waals surface area contributed by atoms with Crippen molar-refractivity contribution in [3.63, 3.8) is 0 Å². The summed E-state index contributed by atoms with van der Waals surface area (Å²) in [6, 6.07) is 6.06. The van der Waals surface area contributed by atoms with Gasteiger partial charge in [0.05, 0.1) is 13.2 Å². The Kier molecular flexibility index (Phi) is 2.69. The summed E-state index contributed by atoms with van der Waals surface area (Å²) in [4.78, 5) is 4.04. The molecule has 2 aliphatic heterocycles. The maximum Gasteiger partial charge on any atom is 0.126 e. The third-order valence-corrected chi connectivity index (χ3v) is 3.88. The molecule has 1 aromatic carbocycles. The van der Waals surface area contributed by atoms with Gasteiger partial charge in [-0.25, -0.2) is 0 Å². The minimum atomic E-state index is 0.772. The van der Waals surface area contributed by atoms with Crippen LogP contribution in [0.1, 0.15) is 22.3 Å². The first kappa shape index (κ1) is 11.5. The Morgan fingerprint density at radius 3 is 2.20 bits per heavy atom. The molecule has 0 atom stereocenters. The summed E-state index contributed by atoms with van der Waals surface area (Å²) in [5.74, 6) is 1.97. The highest BCUT2D eigenvalue weighted by Gasteiger charge is 2.24. The first-order chi connectivity index (χ1) is 9.92.